The van der Waals surface area contributed by atoms with Gasteiger partial charge in [0.15, 0.2) is 0 Å². The van der Waals surface area contributed by atoms with Gasteiger partial charge in [-0.2, -0.15) is 0 Å². The van der Waals surface area contributed by atoms with Crippen molar-refractivity contribution in [1.29, 1.82) is 0 Å². The maximum absolute atomic E-state index is 12.3. The lowest BCUT2D eigenvalue weighted by molar-refractivity contribution is 0.00702. The standard InChI is InChI=1S/C16H26N4O4.C11H18N4O2.ClH/c1-16(2,3)24-15(22)20-6-5-19(9-11(20)10-21)12-8-18-14(17)7-13(12)23-4;1-17-10-4-11(12)14-5-9(10)15-3-2-13-8(6-15)7-16;/h7-8,11,21H,5-6,9-10H2,1-4H3,(H2,17,18);4-5,8,13,16H,2-3,6-7H2,1H3,(H2,12,14);1H/t11-;8-;/m00./s1. The maximum atomic E-state index is 12.3. The summed E-state index contributed by atoms with van der Waals surface area (Å²) in [6.45, 7) is 9.33. The molecular weight excluding hydrogens is 568 g/mol. The molecule has 15 heteroatoms. The second-order valence-corrected chi connectivity index (χ2v) is 10.8. The molecule has 236 valence electrons. The fourth-order valence-corrected chi connectivity index (χ4v) is 4.65. The van der Waals surface area contributed by atoms with Crippen molar-refractivity contribution < 1.29 is 29.2 Å². The summed E-state index contributed by atoms with van der Waals surface area (Å²) in [7, 11) is 3.18. The SMILES string of the molecule is COc1cc(N)ncc1N1CCN(C(=O)OC(C)(C)C)[C@H](CO)C1.COc1cc(N)ncc1N1CCN[C@H](CO)C1.Cl. The zero-order valence-electron chi connectivity index (χ0n) is 24.9. The topological polar surface area (TPSA) is 185 Å². The van der Waals surface area contributed by atoms with Gasteiger partial charge in [0, 0.05) is 57.4 Å². The quantitative estimate of drug-likeness (QED) is 0.311. The number of pyridine rings is 2. The van der Waals surface area contributed by atoms with Crippen molar-refractivity contribution in [1.82, 2.24) is 20.2 Å². The molecule has 0 bridgehead atoms. The molecule has 0 unspecified atom stereocenters. The number of piperazine rings is 2. The normalized spacial score (nSPS) is 18.8. The van der Waals surface area contributed by atoms with E-state index in [1.807, 2.05) is 25.7 Å². The minimum Gasteiger partial charge on any atom is -0.494 e. The number of halogens is 1. The Morgan fingerprint density at radius 3 is 1.98 bits per heavy atom. The van der Waals surface area contributed by atoms with Gasteiger partial charge in [-0.15, -0.1) is 12.4 Å². The van der Waals surface area contributed by atoms with Crippen LogP contribution in [0, 0.1) is 0 Å². The molecule has 2 aromatic rings. The molecule has 2 aliphatic heterocycles. The second kappa shape index (κ2) is 15.7. The predicted octanol–water partition coefficient (Wildman–Crippen LogP) is 0.955. The molecule has 0 aromatic carbocycles. The molecule has 42 heavy (non-hydrogen) atoms. The third-order valence-corrected chi connectivity index (χ3v) is 6.65. The molecule has 4 heterocycles. The highest BCUT2D eigenvalue weighted by molar-refractivity contribution is 5.85. The number of nitrogen functional groups attached to an aromatic ring is 2. The third-order valence-electron chi connectivity index (χ3n) is 6.65. The van der Waals surface area contributed by atoms with E-state index in [4.69, 9.17) is 25.7 Å². The molecule has 2 atom stereocenters. The number of aromatic nitrogens is 2. The average molecular weight is 613 g/mol. The molecule has 1 amide bonds. The minimum atomic E-state index is -0.571. The van der Waals surface area contributed by atoms with Crippen LogP contribution in [0.4, 0.5) is 27.8 Å². The zero-order valence-corrected chi connectivity index (χ0v) is 25.8. The van der Waals surface area contributed by atoms with Crippen LogP contribution in [-0.2, 0) is 4.74 Å². The molecule has 0 saturated carbocycles. The van der Waals surface area contributed by atoms with Gasteiger partial charge in [0.25, 0.3) is 0 Å². The van der Waals surface area contributed by atoms with E-state index in [1.54, 1.807) is 43.6 Å². The van der Waals surface area contributed by atoms with Gasteiger partial charge in [-0.05, 0) is 20.8 Å². The number of anilines is 4. The number of aliphatic hydroxyl groups excluding tert-OH is 2. The summed E-state index contributed by atoms with van der Waals surface area (Å²) < 4.78 is 16.1. The van der Waals surface area contributed by atoms with Gasteiger partial charge in [-0.1, -0.05) is 0 Å². The number of methoxy groups -OCH3 is 2. The Morgan fingerprint density at radius 1 is 0.952 bits per heavy atom. The number of aliphatic hydroxyl groups is 2. The first kappa shape index (κ1) is 34.7. The molecule has 4 rings (SSSR count). The summed E-state index contributed by atoms with van der Waals surface area (Å²) in [6.07, 6.45) is 2.95. The molecule has 14 nitrogen and oxygen atoms in total. The van der Waals surface area contributed by atoms with E-state index in [0.29, 0.717) is 37.0 Å². The van der Waals surface area contributed by atoms with Crippen LogP contribution in [0.15, 0.2) is 24.5 Å². The van der Waals surface area contributed by atoms with Crippen molar-refractivity contribution in [3.63, 3.8) is 0 Å². The summed E-state index contributed by atoms with van der Waals surface area (Å²) in [5.74, 6) is 2.15. The number of nitrogens with two attached hydrogens (primary N) is 2. The van der Waals surface area contributed by atoms with Gasteiger partial charge in [-0.25, -0.2) is 14.8 Å². The highest BCUT2D eigenvalue weighted by Gasteiger charge is 2.34. The average Bonchev–Trinajstić information content (AvgIpc) is 2.96. The zero-order chi connectivity index (χ0) is 30.2. The van der Waals surface area contributed by atoms with Gasteiger partial charge in [0.1, 0.15) is 28.7 Å². The van der Waals surface area contributed by atoms with Crippen molar-refractivity contribution in [2.45, 2.75) is 38.5 Å². The van der Waals surface area contributed by atoms with Crippen LogP contribution in [0.2, 0.25) is 0 Å². The Morgan fingerprint density at radius 2 is 1.50 bits per heavy atom. The lowest BCUT2D eigenvalue weighted by Crippen LogP contribution is -2.57. The number of hydrogen-bond acceptors (Lipinski definition) is 13. The molecule has 2 aromatic heterocycles. The van der Waals surface area contributed by atoms with Gasteiger partial charge < -0.3 is 51.0 Å². The first-order valence-corrected chi connectivity index (χ1v) is 13.5. The van der Waals surface area contributed by atoms with Crippen LogP contribution < -0.4 is 36.1 Å². The van der Waals surface area contributed by atoms with Crippen LogP contribution in [0.1, 0.15) is 20.8 Å². The van der Waals surface area contributed by atoms with Crippen molar-refractivity contribution in [3.8, 4) is 11.5 Å². The molecule has 2 saturated heterocycles. The van der Waals surface area contributed by atoms with Crippen LogP contribution >= 0.6 is 12.4 Å². The lowest BCUT2D eigenvalue weighted by Gasteiger charge is -2.42. The van der Waals surface area contributed by atoms with E-state index in [1.165, 1.54) is 0 Å². The summed E-state index contributed by atoms with van der Waals surface area (Å²) in [5.41, 5.74) is 12.4. The molecular formula is C27H45ClN8O6. The highest BCUT2D eigenvalue weighted by atomic mass is 35.5. The Kier molecular flexibility index (Phi) is 13.0. The first-order valence-electron chi connectivity index (χ1n) is 13.5. The molecule has 0 radical (unpaired) electrons. The fraction of sp³-hybridized carbons (Fsp3) is 0.593. The van der Waals surface area contributed by atoms with E-state index in [2.05, 4.69) is 20.2 Å². The lowest BCUT2D eigenvalue weighted by atomic mass is 10.1. The third kappa shape index (κ3) is 9.28. The van der Waals surface area contributed by atoms with Crippen molar-refractivity contribution >= 4 is 41.5 Å². The Hall–Kier alpha value is -3.46. The van der Waals surface area contributed by atoms with E-state index in [9.17, 15) is 15.0 Å². The number of nitrogens with zero attached hydrogens (tertiary/aromatic N) is 5. The molecule has 0 aliphatic carbocycles. The van der Waals surface area contributed by atoms with Gasteiger partial charge >= 0.3 is 6.09 Å². The second-order valence-electron chi connectivity index (χ2n) is 10.8. The first-order chi connectivity index (χ1) is 19.5. The Bertz CT molecular complexity index is 1150. The Balaban J connectivity index is 0.000000302. The van der Waals surface area contributed by atoms with E-state index in [0.717, 1.165) is 36.8 Å². The number of amides is 1. The van der Waals surface area contributed by atoms with Crippen LogP contribution in [-0.4, -0.2) is 116 Å². The summed E-state index contributed by atoms with van der Waals surface area (Å²) in [6, 6.07) is 3.09. The Labute approximate surface area is 253 Å². The molecule has 0 spiro atoms. The van der Waals surface area contributed by atoms with E-state index < -0.39 is 11.7 Å². The summed E-state index contributed by atoms with van der Waals surface area (Å²) in [5, 5.41) is 22.1. The number of ether oxygens (including phenoxy) is 3. The molecule has 7 N–H and O–H groups in total. The number of nitrogens with one attached hydrogen (secondary N) is 1. The minimum absolute atomic E-state index is 0. The van der Waals surface area contributed by atoms with Gasteiger partial charge in [-0.3, -0.25) is 4.90 Å². The summed E-state index contributed by atoms with van der Waals surface area (Å²) in [4.78, 5) is 26.2. The van der Waals surface area contributed by atoms with Gasteiger partial charge in [0.2, 0.25) is 0 Å². The largest absolute Gasteiger partial charge is 0.494 e. The fourth-order valence-electron chi connectivity index (χ4n) is 4.65. The molecule has 2 fully saturated rings. The maximum Gasteiger partial charge on any atom is 0.410 e. The molecule has 2 aliphatic rings. The van der Waals surface area contributed by atoms with Crippen molar-refractivity contribution in [2.24, 2.45) is 0 Å². The van der Waals surface area contributed by atoms with Gasteiger partial charge in [0.05, 0.1) is 57.2 Å². The van der Waals surface area contributed by atoms with Crippen LogP contribution in [0.5, 0.6) is 11.5 Å². The number of rotatable bonds is 6. The van der Waals surface area contributed by atoms with Crippen molar-refractivity contribution in [3.05, 3.63) is 24.5 Å². The monoisotopic (exact) mass is 612 g/mol. The number of carbonyl (C=O) groups is 1. The highest BCUT2D eigenvalue weighted by Crippen LogP contribution is 2.31. The van der Waals surface area contributed by atoms with Crippen LogP contribution in [0.3, 0.4) is 0 Å². The van der Waals surface area contributed by atoms with E-state index in [-0.39, 0.29) is 37.7 Å². The number of carbonyl (C=O) groups excluding carboxylic acids is 1. The number of hydrogen-bond donors (Lipinski definition) is 5. The summed E-state index contributed by atoms with van der Waals surface area (Å²) >= 11 is 0. The smallest absolute Gasteiger partial charge is 0.410 e. The predicted molar refractivity (Wildman–Crippen MR) is 165 cm³/mol. The van der Waals surface area contributed by atoms with Crippen molar-refractivity contribution in [2.75, 3.05) is 88.0 Å². The van der Waals surface area contributed by atoms with Crippen LogP contribution in [0.25, 0.3) is 0 Å². The van der Waals surface area contributed by atoms with E-state index >= 15 is 0 Å².